The van der Waals surface area contributed by atoms with E-state index in [1.807, 2.05) is 54.8 Å². The number of thioether (sulfide) groups is 1. The zero-order valence-corrected chi connectivity index (χ0v) is 14.4. The summed E-state index contributed by atoms with van der Waals surface area (Å²) in [6.45, 7) is 0.816. The van der Waals surface area contributed by atoms with E-state index in [9.17, 15) is 4.79 Å². The third kappa shape index (κ3) is 5.56. The van der Waals surface area contributed by atoms with Gasteiger partial charge in [-0.3, -0.25) is 0 Å². The van der Waals surface area contributed by atoms with Crippen molar-refractivity contribution < 1.29 is 9.53 Å². The van der Waals surface area contributed by atoms with Crippen molar-refractivity contribution >= 4 is 23.5 Å². The number of benzene rings is 2. The Balaban J connectivity index is 1.77. The Kier molecular flexibility index (Phi) is 7.06. The first-order chi connectivity index (χ1) is 11.7. The van der Waals surface area contributed by atoms with E-state index in [0.717, 1.165) is 28.3 Å². The van der Waals surface area contributed by atoms with Gasteiger partial charge in [0.15, 0.2) is 0 Å². The highest BCUT2D eigenvalue weighted by Gasteiger charge is 2.05. The van der Waals surface area contributed by atoms with E-state index in [-0.39, 0.29) is 12.6 Å². The van der Waals surface area contributed by atoms with Crippen LogP contribution in [0.2, 0.25) is 0 Å². The quantitative estimate of drug-likeness (QED) is 0.596. The van der Waals surface area contributed by atoms with E-state index in [0.29, 0.717) is 6.54 Å². The molecule has 4 nitrogen and oxygen atoms in total. The number of rotatable bonds is 7. The third-order valence-corrected chi connectivity index (χ3v) is 4.10. The van der Waals surface area contributed by atoms with E-state index in [4.69, 9.17) is 11.2 Å². The maximum atomic E-state index is 12.0. The molecule has 0 atom stereocenters. The monoisotopic (exact) mass is 340 g/mol. The van der Waals surface area contributed by atoms with Crippen molar-refractivity contribution in [1.82, 2.24) is 5.32 Å². The Morgan fingerprint density at radius 1 is 1.21 bits per heavy atom. The highest BCUT2D eigenvalue weighted by Crippen LogP contribution is 2.24. The van der Waals surface area contributed by atoms with Gasteiger partial charge in [-0.2, -0.15) is 0 Å². The van der Waals surface area contributed by atoms with Gasteiger partial charge in [-0.05, 0) is 42.5 Å². The van der Waals surface area contributed by atoms with Gasteiger partial charge in [0, 0.05) is 11.4 Å². The SMILES string of the molecule is C#CCOc1ccc(CCNC(=O)Nc2ccccc2SC)cc1. The summed E-state index contributed by atoms with van der Waals surface area (Å²) < 4.78 is 5.32. The van der Waals surface area contributed by atoms with Gasteiger partial charge < -0.3 is 15.4 Å². The van der Waals surface area contributed by atoms with Crippen LogP contribution in [0.1, 0.15) is 5.56 Å². The van der Waals surface area contributed by atoms with Crippen molar-refractivity contribution in [3.63, 3.8) is 0 Å². The normalized spacial score (nSPS) is 9.83. The highest BCUT2D eigenvalue weighted by molar-refractivity contribution is 7.98. The van der Waals surface area contributed by atoms with Crippen LogP contribution < -0.4 is 15.4 Å². The Hall–Kier alpha value is -2.58. The number of ether oxygens (including phenoxy) is 1. The molecule has 0 heterocycles. The van der Waals surface area contributed by atoms with Crippen LogP contribution in [0, 0.1) is 12.3 Å². The molecule has 0 saturated heterocycles. The summed E-state index contributed by atoms with van der Waals surface area (Å²) in [5, 5.41) is 5.73. The first-order valence-electron chi connectivity index (χ1n) is 7.56. The Morgan fingerprint density at radius 3 is 2.67 bits per heavy atom. The number of hydrogen-bond acceptors (Lipinski definition) is 3. The van der Waals surface area contributed by atoms with E-state index in [2.05, 4.69) is 16.6 Å². The number of para-hydroxylation sites is 1. The van der Waals surface area contributed by atoms with Crippen molar-refractivity contribution in [3.8, 4) is 18.1 Å². The van der Waals surface area contributed by atoms with Crippen LogP contribution in [-0.4, -0.2) is 25.4 Å². The number of nitrogens with one attached hydrogen (secondary N) is 2. The standard InChI is InChI=1S/C19H20N2O2S/c1-3-14-23-16-10-8-15(9-11-16)12-13-20-19(22)21-17-6-4-5-7-18(17)24-2/h1,4-11H,12-14H2,2H3,(H2,20,21,22). The molecule has 24 heavy (non-hydrogen) atoms. The zero-order chi connectivity index (χ0) is 17.2. The average Bonchev–Trinajstić information content (AvgIpc) is 2.61. The van der Waals surface area contributed by atoms with Crippen molar-refractivity contribution in [2.45, 2.75) is 11.3 Å². The Bertz CT molecular complexity index is 708. The number of anilines is 1. The molecule has 0 bridgehead atoms. The number of carbonyl (C=O) groups is 1. The molecule has 0 radical (unpaired) electrons. The predicted molar refractivity (Wildman–Crippen MR) is 99.7 cm³/mol. The minimum Gasteiger partial charge on any atom is -0.481 e. The van der Waals surface area contributed by atoms with E-state index in [1.54, 1.807) is 11.8 Å². The largest absolute Gasteiger partial charge is 0.481 e. The second-order valence-electron chi connectivity index (χ2n) is 4.97. The molecular formula is C19H20N2O2S. The van der Waals surface area contributed by atoms with Crippen LogP contribution in [0.25, 0.3) is 0 Å². The van der Waals surface area contributed by atoms with Gasteiger partial charge in [0.1, 0.15) is 12.4 Å². The van der Waals surface area contributed by atoms with Gasteiger partial charge in [-0.1, -0.05) is 30.2 Å². The van der Waals surface area contributed by atoms with Crippen LogP contribution in [-0.2, 0) is 6.42 Å². The maximum absolute atomic E-state index is 12.0. The fourth-order valence-corrected chi connectivity index (χ4v) is 2.67. The van der Waals surface area contributed by atoms with Crippen molar-refractivity contribution in [3.05, 3.63) is 54.1 Å². The third-order valence-electron chi connectivity index (χ3n) is 3.30. The maximum Gasteiger partial charge on any atom is 0.319 e. The molecule has 2 aromatic carbocycles. The molecule has 0 saturated carbocycles. The number of urea groups is 1. The molecule has 0 fully saturated rings. The van der Waals surface area contributed by atoms with Crippen LogP contribution >= 0.6 is 11.8 Å². The fourth-order valence-electron chi connectivity index (χ4n) is 2.11. The molecule has 0 aromatic heterocycles. The second kappa shape index (κ2) is 9.53. The smallest absolute Gasteiger partial charge is 0.319 e. The molecule has 5 heteroatoms. The molecule has 2 aromatic rings. The number of hydrogen-bond donors (Lipinski definition) is 2. The lowest BCUT2D eigenvalue weighted by atomic mass is 10.1. The molecule has 0 aliphatic rings. The van der Waals surface area contributed by atoms with Crippen LogP contribution in [0.4, 0.5) is 10.5 Å². The summed E-state index contributed by atoms with van der Waals surface area (Å²) in [6, 6.07) is 15.2. The predicted octanol–water partition coefficient (Wildman–Crippen LogP) is 3.78. The lowest BCUT2D eigenvalue weighted by Gasteiger charge is -2.10. The van der Waals surface area contributed by atoms with Crippen LogP contribution in [0.5, 0.6) is 5.75 Å². The molecule has 2 amide bonds. The van der Waals surface area contributed by atoms with E-state index in [1.165, 1.54) is 0 Å². The molecule has 124 valence electrons. The number of carbonyl (C=O) groups excluding carboxylic acids is 1. The second-order valence-corrected chi connectivity index (χ2v) is 5.82. The zero-order valence-electron chi connectivity index (χ0n) is 13.5. The molecular weight excluding hydrogens is 320 g/mol. The van der Waals surface area contributed by atoms with Crippen molar-refractivity contribution in [2.75, 3.05) is 24.7 Å². The number of terminal acetylenes is 1. The summed E-state index contributed by atoms with van der Waals surface area (Å²) in [5.74, 6) is 3.17. The lowest BCUT2D eigenvalue weighted by molar-refractivity contribution is 0.252. The van der Waals surface area contributed by atoms with Crippen molar-refractivity contribution in [1.29, 1.82) is 0 Å². The van der Waals surface area contributed by atoms with Gasteiger partial charge >= 0.3 is 6.03 Å². The molecule has 0 spiro atoms. The topological polar surface area (TPSA) is 50.4 Å². The van der Waals surface area contributed by atoms with Crippen LogP contribution in [0.3, 0.4) is 0 Å². The van der Waals surface area contributed by atoms with Crippen LogP contribution in [0.15, 0.2) is 53.4 Å². The van der Waals surface area contributed by atoms with Gasteiger partial charge in [0.05, 0.1) is 5.69 Å². The average molecular weight is 340 g/mol. The molecule has 0 aliphatic carbocycles. The minimum absolute atomic E-state index is 0.203. The molecule has 0 unspecified atom stereocenters. The minimum atomic E-state index is -0.203. The first-order valence-corrected chi connectivity index (χ1v) is 8.78. The molecule has 2 N–H and O–H groups in total. The van der Waals surface area contributed by atoms with E-state index < -0.39 is 0 Å². The summed E-state index contributed by atoms with van der Waals surface area (Å²) in [4.78, 5) is 13.0. The van der Waals surface area contributed by atoms with Gasteiger partial charge in [-0.25, -0.2) is 4.79 Å². The Labute approximate surface area is 147 Å². The summed E-state index contributed by atoms with van der Waals surface area (Å²) in [7, 11) is 0. The molecule has 0 aliphatic heterocycles. The van der Waals surface area contributed by atoms with Gasteiger partial charge in [-0.15, -0.1) is 18.2 Å². The lowest BCUT2D eigenvalue weighted by Crippen LogP contribution is -2.30. The summed E-state index contributed by atoms with van der Waals surface area (Å²) in [6.07, 6.45) is 7.88. The van der Waals surface area contributed by atoms with Gasteiger partial charge in [0.25, 0.3) is 0 Å². The highest BCUT2D eigenvalue weighted by atomic mass is 32.2. The fraction of sp³-hybridized carbons (Fsp3) is 0.211. The summed E-state index contributed by atoms with van der Waals surface area (Å²) in [5.41, 5.74) is 1.94. The van der Waals surface area contributed by atoms with E-state index >= 15 is 0 Å². The molecule has 2 rings (SSSR count). The van der Waals surface area contributed by atoms with Crippen molar-refractivity contribution in [2.24, 2.45) is 0 Å². The number of amides is 2. The Morgan fingerprint density at radius 2 is 1.96 bits per heavy atom. The first kappa shape index (κ1) is 17.8. The van der Waals surface area contributed by atoms with Gasteiger partial charge in [0.2, 0.25) is 0 Å². The summed E-state index contributed by atoms with van der Waals surface area (Å²) >= 11 is 1.60.